The molecule has 1 saturated heterocycles. The van der Waals surface area contributed by atoms with Crippen LogP contribution in [0.25, 0.3) is 0 Å². The molecule has 38 heavy (non-hydrogen) atoms. The largest absolute Gasteiger partial charge is 0.462 e. The molecule has 1 heterocycles. The number of carbonyl (C=O) groups is 1. The van der Waals surface area contributed by atoms with Crippen LogP contribution in [0.3, 0.4) is 0 Å². The van der Waals surface area contributed by atoms with Crippen molar-refractivity contribution in [2.75, 3.05) is 11.9 Å². The number of carbonyl (C=O) groups excluding carboxylic acids is 1. The number of nitrogens with two attached hydrogens (primary N) is 1. The lowest BCUT2D eigenvalue weighted by molar-refractivity contribution is -0.277. The molecule has 0 saturated carbocycles. The molecule has 2 aromatic rings. The summed E-state index contributed by atoms with van der Waals surface area (Å²) in [6, 6.07) is 12.2. The van der Waals surface area contributed by atoms with Crippen LogP contribution in [0, 0.1) is 10.8 Å². The third kappa shape index (κ3) is 6.80. The molecule has 0 aliphatic carbocycles. The lowest BCUT2D eigenvalue weighted by atomic mass is 9.87. The average molecular weight is 531 g/mol. The van der Waals surface area contributed by atoms with E-state index in [1.807, 2.05) is 27.7 Å². The summed E-state index contributed by atoms with van der Waals surface area (Å²) in [5.41, 5.74) is 6.83. The molecule has 0 spiro atoms. The van der Waals surface area contributed by atoms with E-state index in [-0.39, 0.29) is 28.9 Å². The summed E-state index contributed by atoms with van der Waals surface area (Å²) in [7, 11) is 0. The van der Waals surface area contributed by atoms with E-state index in [1.54, 1.807) is 48.5 Å². The zero-order valence-electron chi connectivity index (χ0n) is 22.0. The summed E-state index contributed by atoms with van der Waals surface area (Å²) >= 11 is 0. The SMILES string of the molecule is CC(NC(=O)C(Nc1cccc(C(=N)N)c1)c1ccccc1OC1OC(CO)C(O)C(O)C1O)C(C)(C)C. The van der Waals surface area contributed by atoms with E-state index in [4.69, 9.17) is 20.6 Å². The number of rotatable bonds is 9. The van der Waals surface area contributed by atoms with E-state index in [1.165, 1.54) is 0 Å². The number of amidine groups is 1. The third-order valence-corrected chi connectivity index (χ3v) is 6.73. The van der Waals surface area contributed by atoms with Crippen molar-refractivity contribution in [3.63, 3.8) is 0 Å². The van der Waals surface area contributed by atoms with Crippen molar-refractivity contribution in [3.8, 4) is 5.75 Å². The molecule has 7 atom stereocenters. The number of nitrogen functional groups attached to an aromatic ring is 1. The number of amides is 1. The van der Waals surface area contributed by atoms with Crippen LogP contribution < -0.4 is 21.1 Å². The second-order valence-corrected chi connectivity index (χ2v) is 10.5. The Morgan fingerprint density at radius 2 is 1.79 bits per heavy atom. The summed E-state index contributed by atoms with van der Waals surface area (Å²) in [4.78, 5) is 13.6. The molecule has 0 bridgehead atoms. The van der Waals surface area contributed by atoms with Gasteiger partial charge in [-0.15, -0.1) is 0 Å². The first-order valence-corrected chi connectivity index (χ1v) is 12.4. The molecule has 1 aliphatic rings. The average Bonchev–Trinajstić information content (AvgIpc) is 2.87. The molecule has 1 fully saturated rings. The van der Waals surface area contributed by atoms with E-state index >= 15 is 0 Å². The van der Waals surface area contributed by atoms with Crippen LogP contribution in [0.5, 0.6) is 5.75 Å². The molecular formula is C27H38N4O7. The monoisotopic (exact) mass is 530 g/mol. The van der Waals surface area contributed by atoms with Crippen LogP contribution in [-0.2, 0) is 9.53 Å². The molecule has 7 unspecified atom stereocenters. The summed E-state index contributed by atoms with van der Waals surface area (Å²) in [6.45, 7) is 7.32. The number of aliphatic hydroxyl groups is 4. The highest BCUT2D eigenvalue weighted by molar-refractivity contribution is 5.96. The molecule has 3 rings (SSSR count). The zero-order valence-corrected chi connectivity index (χ0v) is 22.0. The van der Waals surface area contributed by atoms with Crippen LogP contribution in [0.4, 0.5) is 5.69 Å². The van der Waals surface area contributed by atoms with Gasteiger partial charge >= 0.3 is 0 Å². The Hall–Kier alpha value is -3.22. The number of anilines is 1. The number of ether oxygens (including phenoxy) is 2. The topological polar surface area (TPSA) is 190 Å². The minimum Gasteiger partial charge on any atom is -0.462 e. The maximum Gasteiger partial charge on any atom is 0.247 e. The van der Waals surface area contributed by atoms with E-state index in [9.17, 15) is 25.2 Å². The minimum atomic E-state index is -1.62. The Labute approximate surface area is 222 Å². The predicted octanol–water partition coefficient (Wildman–Crippen LogP) is 0.853. The predicted molar refractivity (Wildman–Crippen MR) is 142 cm³/mol. The van der Waals surface area contributed by atoms with Gasteiger partial charge in [0.15, 0.2) is 0 Å². The van der Waals surface area contributed by atoms with Crippen LogP contribution in [0.2, 0.25) is 0 Å². The number of para-hydroxylation sites is 1. The van der Waals surface area contributed by atoms with Crippen LogP contribution in [0.1, 0.15) is 44.9 Å². The smallest absolute Gasteiger partial charge is 0.247 e. The van der Waals surface area contributed by atoms with Crippen molar-refractivity contribution < 1.29 is 34.7 Å². The lowest BCUT2D eigenvalue weighted by Gasteiger charge is -2.40. The molecule has 0 radical (unpaired) electrons. The molecule has 11 nitrogen and oxygen atoms in total. The number of nitrogens with one attached hydrogen (secondary N) is 3. The molecule has 9 N–H and O–H groups in total. The van der Waals surface area contributed by atoms with Gasteiger partial charge in [-0.05, 0) is 30.5 Å². The second kappa shape index (κ2) is 12.1. The maximum atomic E-state index is 13.6. The normalized spacial score (nSPS) is 25.2. The molecular weight excluding hydrogens is 492 g/mol. The van der Waals surface area contributed by atoms with Crippen molar-refractivity contribution in [1.82, 2.24) is 5.32 Å². The Balaban J connectivity index is 1.98. The van der Waals surface area contributed by atoms with E-state index in [2.05, 4.69) is 10.6 Å². The number of hydrogen-bond acceptors (Lipinski definition) is 9. The quantitative estimate of drug-likeness (QED) is 0.172. The number of benzene rings is 2. The van der Waals surface area contributed by atoms with Gasteiger partial charge in [-0.1, -0.05) is 51.1 Å². The maximum absolute atomic E-state index is 13.6. The summed E-state index contributed by atoms with van der Waals surface area (Å²) in [5.74, 6) is -0.302. The van der Waals surface area contributed by atoms with Crippen molar-refractivity contribution in [2.45, 2.75) is 70.5 Å². The molecule has 208 valence electrons. The molecule has 2 aromatic carbocycles. The van der Waals surface area contributed by atoms with Gasteiger partial charge in [0.25, 0.3) is 0 Å². The first kappa shape index (κ1) is 29.3. The first-order valence-electron chi connectivity index (χ1n) is 12.4. The Kier molecular flexibility index (Phi) is 9.34. The molecule has 1 aliphatic heterocycles. The van der Waals surface area contributed by atoms with Crippen molar-refractivity contribution in [1.29, 1.82) is 5.41 Å². The van der Waals surface area contributed by atoms with Gasteiger partial charge < -0.3 is 46.3 Å². The van der Waals surface area contributed by atoms with Gasteiger partial charge in [0.2, 0.25) is 12.2 Å². The summed E-state index contributed by atoms with van der Waals surface area (Å²) in [6.07, 6.45) is -7.33. The van der Waals surface area contributed by atoms with Crippen molar-refractivity contribution in [3.05, 3.63) is 59.7 Å². The van der Waals surface area contributed by atoms with Gasteiger partial charge in [-0.2, -0.15) is 0 Å². The molecule has 0 aromatic heterocycles. The van der Waals surface area contributed by atoms with Crippen LogP contribution in [-0.4, -0.2) is 75.5 Å². The molecule has 11 heteroatoms. The number of aliphatic hydroxyl groups excluding tert-OH is 4. The minimum absolute atomic E-state index is 0.123. The fraction of sp³-hybridized carbons (Fsp3) is 0.481. The third-order valence-electron chi connectivity index (χ3n) is 6.73. The van der Waals surface area contributed by atoms with Crippen molar-refractivity contribution in [2.24, 2.45) is 11.1 Å². The molecule has 1 amide bonds. The van der Waals surface area contributed by atoms with Gasteiger partial charge in [-0.25, -0.2) is 0 Å². The first-order chi connectivity index (χ1) is 17.8. The fourth-order valence-electron chi connectivity index (χ4n) is 3.86. The van der Waals surface area contributed by atoms with Crippen molar-refractivity contribution >= 4 is 17.4 Å². The van der Waals surface area contributed by atoms with E-state index in [0.29, 0.717) is 16.8 Å². The Morgan fingerprint density at radius 1 is 1.11 bits per heavy atom. The second-order valence-electron chi connectivity index (χ2n) is 10.5. The van der Waals surface area contributed by atoms with Crippen LogP contribution >= 0.6 is 0 Å². The van der Waals surface area contributed by atoms with Crippen LogP contribution in [0.15, 0.2) is 48.5 Å². The van der Waals surface area contributed by atoms with Gasteiger partial charge in [0, 0.05) is 22.9 Å². The highest BCUT2D eigenvalue weighted by Crippen LogP contribution is 2.32. The summed E-state index contributed by atoms with van der Waals surface area (Å²) < 4.78 is 11.4. The standard InChI is InChI=1S/C27H38N4O7/c1-14(27(2,3)4)30-25(36)20(31-16-9-7-8-15(12-16)24(28)29)17-10-5-6-11-18(17)37-26-23(35)22(34)21(33)19(13-32)38-26/h5-12,14,19-23,26,31-35H,13H2,1-4H3,(H3,28,29)(H,30,36). The van der Waals surface area contributed by atoms with E-state index < -0.39 is 43.4 Å². The Morgan fingerprint density at radius 3 is 2.42 bits per heavy atom. The Bertz CT molecular complexity index is 1120. The van der Waals surface area contributed by atoms with Gasteiger partial charge in [0.1, 0.15) is 42.0 Å². The summed E-state index contributed by atoms with van der Waals surface area (Å²) in [5, 5.41) is 54.2. The van der Waals surface area contributed by atoms with Gasteiger partial charge in [-0.3, -0.25) is 10.2 Å². The lowest BCUT2D eigenvalue weighted by Crippen LogP contribution is -2.60. The highest BCUT2D eigenvalue weighted by Gasteiger charge is 2.45. The van der Waals surface area contributed by atoms with Gasteiger partial charge in [0.05, 0.1) is 6.61 Å². The fourth-order valence-corrected chi connectivity index (χ4v) is 3.86. The van der Waals surface area contributed by atoms with E-state index in [0.717, 1.165) is 0 Å². The highest BCUT2D eigenvalue weighted by atomic mass is 16.7. The number of hydrogen-bond donors (Lipinski definition) is 8. The zero-order chi connectivity index (χ0) is 28.2.